The monoisotopic (exact) mass is 565 g/mol. The quantitative estimate of drug-likeness (QED) is 0.215. The highest BCUT2D eigenvalue weighted by atomic mass is 15.2. The lowest BCUT2D eigenvalue weighted by Crippen LogP contribution is -2.06. The summed E-state index contributed by atoms with van der Waals surface area (Å²) in [5, 5.41) is 3.18. The molecule has 0 radical (unpaired) electrons. The number of aromatic nitrogens is 7. The molecule has 9 aromatic rings. The Bertz CT molecular complexity index is 2420. The first-order chi connectivity index (χ1) is 21.8. The van der Waals surface area contributed by atoms with Gasteiger partial charge in [0.25, 0.3) is 0 Å². The number of hydrogen-bond acceptors (Lipinski definition) is 5. The Labute approximate surface area is 251 Å². The zero-order valence-electron chi connectivity index (χ0n) is 23.4. The van der Waals surface area contributed by atoms with Gasteiger partial charge in [-0.2, -0.15) is 9.97 Å². The van der Waals surface area contributed by atoms with E-state index in [1.54, 1.807) is 6.20 Å². The van der Waals surface area contributed by atoms with Crippen LogP contribution >= 0.6 is 0 Å². The van der Waals surface area contributed by atoms with E-state index < -0.39 is 0 Å². The van der Waals surface area contributed by atoms with Crippen LogP contribution in [-0.2, 0) is 0 Å². The third-order valence-electron chi connectivity index (χ3n) is 8.06. The molecule has 5 heterocycles. The first-order valence-electron chi connectivity index (χ1n) is 14.4. The minimum Gasteiger partial charge on any atom is -0.292 e. The molecule has 7 heteroatoms. The summed E-state index contributed by atoms with van der Waals surface area (Å²) in [5.41, 5.74) is 7.55. The zero-order chi connectivity index (χ0) is 29.0. The smallest absolute Gasteiger partial charge is 0.238 e. The number of para-hydroxylation sites is 2. The van der Waals surface area contributed by atoms with Crippen LogP contribution < -0.4 is 0 Å². The Kier molecular flexibility index (Phi) is 5.36. The van der Waals surface area contributed by atoms with Gasteiger partial charge in [0, 0.05) is 33.5 Å². The summed E-state index contributed by atoms with van der Waals surface area (Å²) < 4.78 is 4.31. The molecule has 0 bridgehead atoms. The molecule has 7 nitrogen and oxygen atoms in total. The fourth-order valence-corrected chi connectivity index (χ4v) is 6.10. The summed E-state index contributed by atoms with van der Waals surface area (Å²) in [5.74, 6) is 1.77. The van der Waals surface area contributed by atoms with Crippen molar-refractivity contribution >= 4 is 43.9 Å². The van der Waals surface area contributed by atoms with Crippen molar-refractivity contribution < 1.29 is 0 Å². The van der Waals surface area contributed by atoms with Crippen molar-refractivity contribution in [3.05, 3.63) is 140 Å². The van der Waals surface area contributed by atoms with E-state index >= 15 is 0 Å². The van der Waals surface area contributed by atoms with Crippen molar-refractivity contribution in [1.29, 1.82) is 0 Å². The first kappa shape index (κ1) is 24.4. The Balaban J connectivity index is 1.40. The van der Waals surface area contributed by atoms with E-state index in [4.69, 9.17) is 19.9 Å². The summed E-state index contributed by atoms with van der Waals surface area (Å²) in [6.07, 6.45) is 3.67. The summed E-state index contributed by atoms with van der Waals surface area (Å²) >= 11 is 0. The average molecular weight is 566 g/mol. The van der Waals surface area contributed by atoms with E-state index in [-0.39, 0.29) is 0 Å². The molecule has 0 saturated heterocycles. The molecule has 0 aliphatic heterocycles. The molecule has 9 rings (SSSR count). The van der Waals surface area contributed by atoms with Crippen molar-refractivity contribution in [3.8, 4) is 34.4 Å². The van der Waals surface area contributed by atoms with Crippen LogP contribution in [0, 0.1) is 0 Å². The van der Waals surface area contributed by atoms with Gasteiger partial charge in [0.1, 0.15) is 5.65 Å². The van der Waals surface area contributed by atoms with Crippen LogP contribution in [0.2, 0.25) is 0 Å². The van der Waals surface area contributed by atoms with Crippen LogP contribution in [0.3, 0.4) is 0 Å². The molecule has 0 aliphatic rings. The van der Waals surface area contributed by atoms with Gasteiger partial charge in [-0.3, -0.25) is 14.1 Å². The SMILES string of the molecule is c1ccc(-c2nc(-c3ccccc3)nc(-n3c4ccccc4c4nc5c(cc43)c3ccccc3n5-c3cccnc3)n2)cc1. The number of nitrogens with zero attached hydrogens (tertiary/aromatic N) is 7. The van der Waals surface area contributed by atoms with Crippen LogP contribution in [0.1, 0.15) is 0 Å². The van der Waals surface area contributed by atoms with Gasteiger partial charge in [-0.05, 0) is 30.3 Å². The van der Waals surface area contributed by atoms with E-state index in [1.807, 2.05) is 85.1 Å². The lowest BCUT2D eigenvalue weighted by Gasteiger charge is -2.11. The van der Waals surface area contributed by atoms with Crippen LogP contribution in [0.25, 0.3) is 78.3 Å². The van der Waals surface area contributed by atoms with Gasteiger partial charge < -0.3 is 0 Å². The number of rotatable bonds is 4. The molecule has 0 unspecified atom stereocenters. The molecule has 0 spiro atoms. The number of fused-ring (bicyclic) bond motifs is 6. The Morgan fingerprint density at radius 2 is 1.07 bits per heavy atom. The van der Waals surface area contributed by atoms with Gasteiger partial charge in [-0.1, -0.05) is 97.1 Å². The van der Waals surface area contributed by atoms with E-state index in [2.05, 4.69) is 62.6 Å². The highest BCUT2D eigenvalue weighted by Crippen LogP contribution is 2.37. The third-order valence-corrected chi connectivity index (χ3v) is 8.06. The fourth-order valence-electron chi connectivity index (χ4n) is 6.10. The van der Waals surface area contributed by atoms with Crippen molar-refractivity contribution in [2.45, 2.75) is 0 Å². The molecule has 0 N–H and O–H groups in total. The fraction of sp³-hybridized carbons (Fsp3) is 0. The molecule has 0 saturated carbocycles. The van der Waals surface area contributed by atoms with E-state index in [9.17, 15) is 0 Å². The van der Waals surface area contributed by atoms with Gasteiger partial charge in [0.2, 0.25) is 5.95 Å². The number of benzene rings is 4. The molecular weight excluding hydrogens is 542 g/mol. The van der Waals surface area contributed by atoms with Crippen molar-refractivity contribution in [2.75, 3.05) is 0 Å². The highest BCUT2D eigenvalue weighted by molar-refractivity contribution is 6.15. The van der Waals surface area contributed by atoms with Crippen molar-refractivity contribution in [3.63, 3.8) is 0 Å². The summed E-state index contributed by atoms with van der Waals surface area (Å²) in [6, 6.07) is 43.0. The Morgan fingerprint density at radius 3 is 1.73 bits per heavy atom. The highest BCUT2D eigenvalue weighted by Gasteiger charge is 2.21. The van der Waals surface area contributed by atoms with Gasteiger partial charge in [-0.15, -0.1) is 0 Å². The second-order valence-electron chi connectivity index (χ2n) is 10.7. The van der Waals surface area contributed by atoms with Gasteiger partial charge in [0.15, 0.2) is 11.6 Å². The minimum atomic E-state index is 0.543. The van der Waals surface area contributed by atoms with Crippen LogP contribution in [0.15, 0.2) is 140 Å². The molecule has 5 aromatic heterocycles. The minimum absolute atomic E-state index is 0.543. The maximum absolute atomic E-state index is 5.37. The molecule has 0 fully saturated rings. The van der Waals surface area contributed by atoms with E-state index in [1.165, 1.54) is 0 Å². The van der Waals surface area contributed by atoms with Gasteiger partial charge >= 0.3 is 0 Å². The Morgan fingerprint density at radius 1 is 0.455 bits per heavy atom. The predicted octanol–water partition coefficient (Wildman–Crippen LogP) is 8.19. The van der Waals surface area contributed by atoms with Gasteiger partial charge in [-0.25, -0.2) is 9.97 Å². The molecule has 206 valence electrons. The number of hydrogen-bond donors (Lipinski definition) is 0. The standard InChI is InChI=1S/C37H23N7/c1-3-12-24(13-4-1)34-40-35(25-14-5-2-6-15-25)42-37(41-34)44-31-20-10-8-18-28(31)33-32(44)22-29-27-17-7-9-19-30(27)43(36(29)39-33)26-16-11-21-38-23-26/h1-23H. The van der Waals surface area contributed by atoms with E-state index in [0.29, 0.717) is 17.6 Å². The zero-order valence-corrected chi connectivity index (χ0v) is 23.4. The second kappa shape index (κ2) is 9.68. The second-order valence-corrected chi connectivity index (χ2v) is 10.7. The Hall–Kier alpha value is -6.21. The third kappa shape index (κ3) is 3.73. The maximum Gasteiger partial charge on any atom is 0.238 e. The molecule has 4 aromatic carbocycles. The first-order valence-corrected chi connectivity index (χ1v) is 14.4. The normalized spacial score (nSPS) is 11.6. The summed E-state index contributed by atoms with van der Waals surface area (Å²) in [6.45, 7) is 0. The predicted molar refractivity (Wildman–Crippen MR) is 175 cm³/mol. The van der Waals surface area contributed by atoms with Crippen LogP contribution in [0.4, 0.5) is 0 Å². The van der Waals surface area contributed by atoms with E-state index in [0.717, 1.165) is 60.7 Å². The molecule has 0 atom stereocenters. The lowest BCUT2D eigenvalue weighted by atomic mass is 10.2. The van der Waals surface area contributed by atoms with Crippen LogP contribution in [-0.4, -0.2) is 34.1 Å². The number of pyridine rings is 2. The molecule has 0 amide bonds. The van der Waals surface area contributed by atoms with Crippen molar-refractivity contribution in [2.24, 2.45) is 0 Å². The average Bonchev–Trinajstić information content (AvgIpc) is 3.60. The van der Waals surface area contributed by atoms with Gasteiger partial charge in [0.05, 0.1) is 34.0 Å². The molecular formula is C37H23N7. The lowest BCUT2D eigenvalue weighted by molar-refractivity contribution is 0.953. The van der Waals surface area contributed by atoms with Crippen LogP contribution in [0.5, 0.6) is 0 Å². The summed E-state index contributed by atoms with van der Waals surface area (Å²) in [4.78, 5) is 24.8. The molecule has 44 heavy (non-hydrogen) atoms. The molecule has 0 aliphatic carbocycles. The summed E-state index contributed by atoms with van der Waals surface area (Å²) in [7, 11) is 0. The van der Waals surface area contributed by atoms with Crippen molar-refractivity contribution in [1.82, 2.24) is 34.1 Å². The maximum atomic E-state index is 5.37. The topological polar surface area (TPSA) is 74.3 Å². The largest absolute Gasteiger partial charge is 0.292 e.